The first-order chi connectivity index (χ1) is 15.4. The van der Waals surface area contributed by atoms with Crippen molar-refractivity contribution in [2.45, 2.75) is 38.3 Å². The van der Waals surface area contributed by atoms with Crippen LogP contribution in [0.25, 0.3) is 0 Å². The molecule has 0 aliphatic carbocycles. The quantitative estimate of drug-likeness (QED) is 0.543. The minimum absolute atomic E-state index is 0.0591. The fraction of sp³-hybridized carbons (Fsp3) is 0.632. The van der Waals surface area contributed by atoms with Crippen molar-refractivity contribution in [3.05, 3.63) is 21.6 Å². The van der Waals surface area contributed by atoms with E-state index in [-0.39, 0.29) is 36.2 Å². The van der Waals surface area contributed by atoms with Crippen molar-refractivity contribution < 1.29 is 23.9 Å². The van der Waals surface area contributed by atoms with E-state index in [0.717, 1.165) is 0 Å². The standard InChI is InChI=1S/C19H27ClN6O6/c1-2-31-18(29)21-10-15(27)25-6-3-12(4-7-25)23-19(30)32-13-5-8-26(11-13)14-9-22-24-17(28)16(14)20/h9,12-13H,2-8,10-11H2,1H3,(H,21,29)(H,23,30)(H,24,28)/t13-/m1/s1. The number of halogens is 1. The van der Waals surface area contributed by atoms with Gasteiger partial charge in [-0.3, -0.25) is 9.59 Å². The van der Waals surface area contributed by atoms with Gasteiger partial charge in [-0.1, -0.05) is 11.6 Å². The number of carbonyl (C=O) groups is 3. The SMILES string of the molecule is CCOC(=O)NCC(=O)N1CCC(NC(=O)O[C@@H]2CCN(c3cn[nH]c(=O)c3Cl)C2)CC1. The fourth-order valence-corrected chi connectivity index (χ4v) is 3.92. The van der Waals surface area contributed by atoms with E-state index in [1.807, 2.05) is 4.90 Å². The average Bonchev–Trinajstić information content (AvgIpc) is 3.22. The molecule has 0 bridgehead atoms. The molecule has 0 spiro atoms. The maximum atomic E-state index is 12.3. The molecule has 2 aliphatic heterocycles. The Bertz CT molecular complexity index is 887. The van der Waals surface area contributed by atoms with Gasteiger partial charge in [0.15, 0.2) is 0 Å². The van der Waals surface area contributed by atoms with Crippen molar-refractivity contribution >= 4 is 35.4 Å². The smallest absolute Gasteiger partial charge is 0.407 e. The van der Waals surface area contributed by atoms with Crippen LogP contribution in [0.3, 0.4) is 0 Å². The van der Waals surface area contributed by atoms with Crippen LogP contribution in [0.1, 0.15) is 26.2 Å². The Morgan fingerprint density at radius 3 is 2.69 bits per heavy atom. The van der Waals surface area contributed by atoms with Gasteiger partial charge < -0.3 is 29.9 Å². The van der Waals surface area contributed by atoms with Crippen LogP contribution >= 0.6 is 11.6 Å². The minimum atomic E-state index is -0.622. The number of hydrogen-bond acceptors (Lipinski definition) is 8. The Hall–Kier alpha value is -3.02. The number of nitrogens with zero attached hydrogens (tertiary/aromatic N) is 3. The van der Waals surface area contributed by atoms with E-state index in [9.17, 15) is 19.2 Å². The van der Waals surface area contributed by atoms with Gasteiger partial charge in [-0.05, 0) is 19.8 Å². The molecule has 3 N–H and O–H groups in total. The Morgan fingerprint density at radius 1 is 1.22 bits per heavy atom. The van der Waals surface area contributed by atoms with Crippen LogP contribution < -0.4 is 21.1 Å². The molecule has 0 radical (unpaired) electrons. The number of H-pyrrole nitrogens is 1. The van der Waals surface area contributed by atoms with Crippen LogP contribution in [0.5, 0.6) is 0 Å². The number of likely N-dealkylation sites (tertiary alicyclic amines) is 1. The fourth-order valence-electron chi connectivity index (χ4n) is 3.70. The number of ether oxygens (including phenoxy) is 2. The summed E-state index contributed by atoms with van der Waals surface area (Å²) in [5.41, 5.74) is 0.0455. The molecule has 1 aromatic rings. The van der Waals surface area contributed by atoms with Gasteiger partial charge in [0.2, 0.25) is 5.91 Å². The van der Waals surface area contributed by atoms with Gasteiger partial charge >= 0.3 is 12.2 Å². The third-order valence-electron chi connectivity index (χ3n) is 5.37. The predicted octanol–water partition coefficient (Wildman–Crippen LogP) is 0.465. The van der Waals surface area contributed by atoms with E-state index in [4.69, 9.17) is 21.1 Å². The lowest BCUT2D eigenvalue weighted by Crippen LogP contribution is -2.49. The highest BCUT2D eigenvalue weighted by Crippen LogP contribution is 2.25. The van der Waals surface area contributed by atoms with Gasteiger partial charge in [0.25, 0.3) is 5.56 Å². The number of amides is 3. The van der Waals surface area contributed by atoms with Crippen molar-refractivity contribution in [3.63, 3.8) is 0 Å². The molecular weight excluding hydrogens is 444 g/mol. The van der Waals surface area contributed by atoms with Crippen molar-refractivity contribution in [1.29, 1.82) is 0 Å². The minimum Gasteiger partial charge on any atom is -0.450 e. The van der Waals surface area contributed by atoms with Crippen LogP contribution in [-0.2, 0) is 14.3 Å². The lowest BCUT2D eigenvalue weighted by Gasteiger charge is -2.32. The van der Waals surface area contributed by atoms with E-state index < -0.39 is 17.7 Å². The number of anilines is 1. The molecule has 0 saturated carbocycles. The van der Waals surface area contributed by atoms with E-state index in [2.05, 4.69) is 20.8 Å². The Morgan fingerprint density at radius 2 is 1.97 bits per heavy atom. The van der Waals surface area contributed by atoms with Crippen molar-refractivity contribution in [2.24, 2.45) is 0 Å². The molecule has 2 saturated heterocycles. The van der Waals surface area contributed by atoms with Crippen LogP contribution in [0, 0.1) is 0 Å². The van der Waals surface area contributed by atoms with Crippen molar-refractivity contribution in [1.82, 2.24) is 25.7 Å². The Labute approximate surface area is 189 Å². The molecule has 0 unspecified atom stereocenters. The topological polar surface area (TPSA) is 146 Å². The van der Waals surface area contributed by atoms with Crippen LogP contribution in [-0.4, -0.2) is 84.7 Å². The molecule has 3 heterocycles. The molecule has 3 rings (SSSR count). The average molecular weight is 471 g/mol. The van der Waals surface area contributed by atoms with E-state index in [0.29, 0.717) is 51.1 Å². The third-order valence-corrected chi connectivity index (χ3v) is 5.73. The highest BCUT2D eigenvalue weighted by molar-refractivity contribution is 6.33. The highest BCUT2D eigenvalue weighted by Gasteiger charge is 2.29. The second kappa shape index (κ2) is 11.0. The first kappa shape index (κ1) is 23.6. The molecule has 12 nitrogen and oxygen atoms in total. The van der Waals surface area contributed by atoms with Gasteiger partial charge in [0.05, 0.1) is 25.0 Å². The highest BCUT2D eigenvalue weighted by atomic mass is 35.5. The van der Waals surface area contributed by atoms with Crippen molar-refractivity contribution in [3.8, 4) is 0 Å². The molecule has 1 atom stereocenters. The maximum Gasteiger partial charge on any atom is 0.407 e. The molecular formula is C19H27ClN6O6. The van der Waals surface area contributed by atoms with Crippen molar-refractivity contribution in [2.75, 3.05) is 44.2 Å². The predicted molar refractivity (Wildman–Crippen MR) is 115 cm³/mol. The largest absolute Gasteiger partial charge is 0.450 e. The summed E-state index contributed by atoms with van der Waals surface area (Å²) in [4.78, 5) is 50.9. The van der Waals surface area contributed by atoms with Crippen LogP contribution in [0.4, 0.5) is 15.3 Å². The number of nitrogens with one attached hydrogen (secondary N) is 3. The molecule has 2 aliphatic rings. The molecule has 1 aromatic heterocycles. The number of hydrogen-bond donors (Lipinski definition) is 3. The maximum absolute atomic E-state index is 12.3. The lowest BCUT2D eigenvalue weighted by molar-refractivity contribution is -0.131. The number of rotatable bonds is 6. The van der Waals surface area contributed by atoms with Gasteiger partial charge in [-0.15, -0.1) is 0 Å². The lowest BCUT2D eigenvalue weighted by atomic mass is 10.1. The molecule has 3 amide bonds. The summed E-state index contributed by atoms with van der Waals surface area (Å²) in [6.45, 7) is 3.75. The summed E-state index contributed by atoms with van der Waals surface area (Å²) < 4.78 is 10.2. The van der Waals surface area contributed by atoms with Gasteiger partial charge in [-0.25, -0.2) is 14.7 Å². The first-order valence-electron chi connectivity index (χ1n) is 10.5. The second-order valence-corrected chi connectivity index (χ2v) is 7.91. The number of aromatic amines is 1. The monoisotopic (exact) mass is 470 g/mol. The van der Waals surface area contributed by atoms with E-state index in [1.54, 1.807) is 11.8 Å². The molecule has 32 heavy (non-hydrogen) atoms. The van der Waals surface area contributed by atoms with Gasteiger partial charge in [-0.2, -0.15) is 5.10 Å². The number of piperidine rings is 1. The van der Waals surface area contributed by atoms with E-state index in [1.165, 1.54) is 6.20 Å². The molecule has 13 heteroatoms. The van der Waals surface area contributed by atoms with Gasteiger partial charge in [0, 0.05) is 32.1 Å². The summed E-state index contributed by atoms with van der Waals surface area (Å²) in [6, 6.07) is -0.103. The molecule has 0 aromatic carbocycles. The zero-order valence-corrected chi connectivity index (χ0v) is 18.5. The van der Waals surface area contributed by atoms with Crippen LogP contribution in [0.15, 0.2) is 11.0 Å². The third kappa shape index (κ3) is 6.25. The summed E-state index contributed by atoms with van der Waals surface area (Å²) in [6.07, 6.45) is 1.79. The normalized spacial score (nSPS) is 18.9. The summed E-state index contributed by atoms with van der Waals surface area (Å²) >= 11 is 6.04. The summed E-state index contributed by atoms with van der Waals surface area (Å²) in [5.74, 6) is -0.196. The number of alkyl carbamates (subject to hydrolysis) is 2. The van der Waals surface area contributed by atoms with Gasteiger partial charge in [0.1, 0.15) is 17.7 Å². The van der Waals surface area contributed by atoms with E-state index >= 15 is 0 Å². The molecule has 176 valence electrons. The van der Waals surface area contributed by atoms with Crippen LogP contribution in [0.2, 0.25) is 5.02 Å². The summed E-state index contributed by atoms with van der Waals surface area (Å²) in [7, 11) is 0. The summed E-state index contributed by atoms with van der Waals surface area (Å²) in [5, 5.41) is 11.3. The zero-order valence-electron chi connectivity index (χ0n) is 17.8. The Balaban J connectivity index is 1.37. The second-order valence-electron chi connectivity index (χ2n) is 7.53. The zero-order chi connectivity index (χ0) is 23.1. The Kier molecular flexibility index (Phi) is 8.14. The number of carbonyl (C=O) groups excluding carboxylic acids is 3. The number of aromatic nitrogens is 2. The molecule has 2 fully saturated rings. The first-order valence-corrected chi connectivity index (χ1v) is 10.9.